The van der Waals surface area contributed by atoms with E-state index in [4.69, 9.17) is 0 Å². The van der Waals surface area contributed by atoms with Gasteiger partial charge in [-0.2, -0.15) is 0 Å². The molecule has 0 N–H and O–H groups in total. The molecule has 0 spiro atoms. The van der Waals surface area contributed by atoms with E-state index in [1.165, 1.54) is 23.5 Å². The van der Waals surface area contributed by atoms with Gasteiger partial charge in [0.2, 0.25) is 0 Å². The monoisotopic (exact) mass is 364 g/mol. The van der Waals surface area contributed by atoms with Gasteiger partial charge >= 0.3 is 0 Å². The van der Waals surface area contributed by atoms with Crippen molar-refractivity contribution in [2.45, 2.75) is 40.0 Å². The van der Waals surface area contributed by atoms with Crippen LogP contribution in [0.1, 0.15) is 44.3 Å². The predicted octanol–water partition coefficient (Wildman–Crippen LogP) is 5.39. The van der Waals surface area contributed by atoms with Crippen LogP contribution < -0.4 is 0 Å². The Morgan fingerprint density at radius 1 is 1.04 bits per heavy atom. The first-order chi connectivity index (χ1) is 12.9. The van der Waals surface area contributed by atoms with Crippen molar-refractivity contribution in [3.05, 3.63) is 78.1 Å². The zero-order valence-corrected chi connectivity index (χ0v) is 16.5. The van der Waals surface area contributed by atoms with Crippen LogP contribution >= 0.6 is 0 Å². The van der Waals surface area contributed by atoms with Gasteiger partial charge in [-0.15, -0.1) is 0 Å². The molecular formula is C23H27FN3. The summed E-state index contributed by atoms with van der Waals surface area (Å²) in [7, 11) is 2.09. The van der Waals surface area contributed by atoms with Crippen molar-refractivity contribution in [3.63, 3.8) is 0 Å². The second-order valence-corrected chi connectivity index (χ2v) is 7.83. The lowest BCUT2D eigenvalue weighted by Crippen LogP contribution is -2.16. The fraction of sp³-hybridized carbons (Fsp3) is 0.348. The van der Waals surface area contributed by atoms with Gasteiger partial charge in [0.1, 0.15) is 11.6 Å². The van der Waals surface area contributed by atoms with Gasteiger partial charge in [0, 0.05) is 30.9 Å². The fourth-order valence-electron chi connectivity index (χ4n) is 3.00. The summed E-state index contributed by atoms with van der Waals surface area (Å²) in [5, 5.41) is 0. The normalized spacial score (nSPS) is 11.7. The first kappa shape index (κ1) is 19.3. The Balaban J connectivity index is 1.64. The van der Waals surface area contributed by atoms with Crippen LogP contribution in [0.5, 0.6) is 0 Å². The highest BCUT2D eigenvalue weighted by Gasteiger charge is 2.19. The third-order valence-corrected chi connectivity index (χ3v) is 5.23. The number of imidazole rings is 1. The first-order valence-corrected chi connectivity index (χ1v) is 9.42. The van der Waals surface area contributed by atoms with Gasteiger partial charge in [-0.3, -0.25) is 4.98 Å². The summed E-state index contributed by atoms with van der Waals surface area (Å²) >= 11 is 0. The number of halogens is 1. The van der Waals surface area contributed by atoms with Crippen molar-refractivity contribution in [2.24, 2.45) is 12.5 Å². The Labute approximate surface area is 161 Å². The molecule has 0 aliphatic heterocycles. The minimum atomic E-state index is -0.318. The number of aromatic nitrogens is 3. The van der Waals surface area contributed by atoms with Crippen LogP contribution in [-0.2, 0) is 19.9 Å². The number of hydrogen-bond donors (Lipinski definition) is 0. The molecule has 2 aromatic heterocycles. The van der Waals surface area contributed by atoms with Gasteiger partial charge < -0.3 is 4.57 Å². The Morgan fingerprint density at radius 3 is 2.41 bits per heavy atom. The number of rotatable bonds is 7. The molecule has 0 aliphatic carbocycles. The van der Waals surface area contributed by atoms with Gasteiger partial charge in [-0.1, -0.05) is 51.5 Å². The zero-order chi connectivity index (χ0) is 19.4. The van der Waals surface area contributed by atoms with Crippen LogP contribution in [0.2, 0.25) is 0 Å². The highest BCUT2D eigenvalue weighted by atomic mass is 19.1. The maximum Gasteiger partial charge on any atom is 0.141 e. The van der Waals surface area contributed by atoms with Gasteiger partial charge in [0.05, 0.1) is 11.9 Å². The van der Waals surface area contributed by atoms with Crippen LogP contribution in [0.3, 0.4) is 0 Å². The third-order valence-electron chi connectivity index (χ3n) is 5.23. The Kier molecular flexibility index (Phi) is 5.73. The quantitative estimate of drug-likeness (QED) is 0.562. The summed E-state index contributed by atoms with van der Waals surface area (Å²) in [6.45, 7) is 6.82. The smallest absolute Gasteiger partial charge is 0.141 e. The first-order valence-electron chi connectivity index (χ1n) is 9.42. The van der Waals surface area contributed by atoms with E-state index < -0.39 is 0 Å². The van der Waals surface area contributed by atoms with Gasteiger partial charge in [0.15, 0.2) is 0 Å². The van der Waals surface area contributed by atoms with E-state index in [9.17, 15) is 4.39 Å². The molecule has 3 aromatic rings. The van der Waals surface area contributed by atoms with E-state index in [0.717, 1.165) is 36.3 Å². The molecule has 0 bridgehead atoms. The second-order valence-electron chi connectivity index (χ2n) is 7.83. The van der Waals surface area contributed by atoms with Crippen molar-refractivity contribution in [2.75, 3.05) is 0 Å². The number of benzene rings is 1. The summed E-state index contributed by atoms with van der Waals surface area (Å²) < 4.78 is 15.2. The molecule has 3 rings (SSSR count). The summed E-state index contributed by atoms with van der Waals surface area (Å²) in [4.78, 5) is 8.71. The van der Waals surface area contributed by atoms with Crippen LogP contribution in [0.15, 0.2) is 48.8 Å². The number of pyridine rings is 1. The van der Waals surface area contributed by atoms with Crippen LogP contribution in [0, 0.1) is 17.7 Å². The molecule has 27 heavy (non-hydrogen) atoms. The molecule has 0 fully saturated rings. The topological polar surface area (TPSA) is 30.7 Å². The molecule has 4 heteroatoms. The summed E-state index contributed by atoms with van der Waals surface area (Å²) in [5.74, 6) is 0.683. The van der Waals surface area contributed by atoms with E-state index in [1.54, 1.807) is 6.07 Å². The lowest BCUT2D eigenvalue weighted by molar-refractivity contribution is 0.342. The maximum atomic E-state index is 13.0. The lowest BCUT2D eigenvalue weighted by Gasteiger charge is -2.22. The van der Waals surface area contributed by atoms with E-state index in [-0.39, 0.29) is 11.2 Å². The summed E-state index contributed by atoms with van der Waals surface area (Å²) in [6.07, 6.45) is 8.39. The summed E-state index contributed by atoms with van der Waals surface area (Å²) in [6, 6.07) is 11.3. The predicted molar refractivity (Wildman–Crippen MR) is 108 cm³/mol. The van der Waals surface area contributed by atoms with Crippen molar-refractivity contribution in [3.8, 4) is 11.3 Å². The second kappa shape index (κ2) is 8.03. The lowest BCUT2D eigenvalue weighted by atomic mass is 9.85. The molecule has 0 saturated heterocycles. The minimum Gasteiger partial charge on any atom is -0.335 e. The SMILES string of the molecule is CCC(C)(C)Cc1cnc([CH]Cc2ccc(-c3ccc(F)cn3)cc2)n1C. The average molecular weight is 364 g/mol. The molecule has 0 atom stereocenters. The number of nitrogens with zero attached hydrogens (tertiary/aromatic N) is 3. The molecule has 2 heterocycles. The maximum absolute atomic E-state index is 13.0. The zero-order valence-electron chi connectivity index (χ0n) is 16.5. The van der Waals surface area contributed by atoms with Crippen molar-refractivity contribution < 1.29 is 4.39 Å². The molecule has 0 amide bonds. The Bertz CT molecular complexity index is 877. The van der Waals surface area contributed by atoms with Crippen LogP contribution in [0.4, 0.5) is 4.39 Å². The fourth-order valence-corrected chi connectivity index (χ4v) is 3.00. The van der Waals surface area contributed by atoms with Gasteiger partial charge in [-0.25, -0.2) is 9.37 Å². The van der Waals surface area contributed by atoms with E-state index >= 15 is 0 Å². The van der Waals surface area contributed by atoms with Crippen molar-refractivity contribution in [1.29, 1.82) is 0 Å². The molecule has 1 radical (unpaired) electrons. The van der Waals surface area contributed by atoms with E-state index in [2.05, 4.69) is 60.9 Å². The third kappa shape index (κ3) is 4.82. The molecular weight excluding hydrogens is 337 g/mol. The number of hydrogen-bond acceptors (Lipinski definition) is 2. The molecule has 0 unspecified atom stereocenters. The average Bonchev–Trinajstić information content (AvgIpc) is 3.00. The summed E-state index contributed by atoms with van der Waals surface area (Å²) in [5.41, 5.74) is 4.53. The highest BCUT2D eigenvalue weighted by Crippen LogP contribution is 2.26. The molecule has 0 aliphatic rings. The highest BCUT2D eigenvalue weighted by molar-refractivity contribution is 5.59. The van der Waals surface area contributed by atoms with Crippen molar-refractivity contribution in [1.82, 2.24) is 14.5 Å². The van der Waals surface area contributed by atoms with Crippen LogP contribution in [-0.4, -0.2) is 14.5 Å². The molecule has 141 valence electrons. The minimum absolute atomic E-state index is 0.287. The van der Waals surface area contributed by atoms with Gasteiger partial charge in [-0.05, 0) is 36.0 Å². The van der Waals surface area contributed by atoms with Crippen molar-refractivity contribution >= 4 is 0 Å². The molecule has 3 nitrogen and oxygen atoms in total. The Hall–Kier alpha value is -2.49. The molecule has 0 saturated carbocycles. The largest absolute Gasteiger partial charge is 0.335 e. The van der Waals surface area contributed by atoms with E-state index in [1.807, 2.05) is 18.3 Å². The van der Waals surface area contributed by atoms with Crippen LogP contribution in [0.25, 0.3) is 11.3 Å². The van der Waals surface area contributed by atoms with E-state index in [0.29, 0.717) is 0 Å². The Morgan fingerprint density at radius 2 is 1.78 bits per heavy atom. The molecule has 1 aromatic carbocycles. The standard InChI is InChI=1S/C23H27FN3/c1-5-23(2,3)14-20-16-26-22(27(20)4)13-8-17-6-9-18(10-7-17)21-12-11-19(24)15-25-21/h6-7,9-13,15-16H,5,8,14H2,1-4H3. The van der Waals surface area contributed by atoms with Gasteiger partial charge in [0.25, 0.3) is 0 Å².